The molecule has 0 heterocycles. The first-order valence-electron chi connectivity index (χ1n) is 7.07. The first-order chi connectivity index (χ1) is 8.60. The third-order valence-corrected chi connectivity index (χ3v) is 3.34. The summed E-state index contributed by atoms with van der Waals surface area (Å²) in [6.07, 6.45) is 2.24. The van der Waals surface area contributed by atoms with Crippen LogP contribution < -0.4 is 5.73 Å². The Hall–Kier alpha value is -0.860. The molecule has 0 spiro atoms. The normalized spacial score (nSPS) is 14.8. The molecule has 0 amide bonds. The van der Waals surface area contributed by atoms with E-state index in [1.54, 1.807) is 0 Å². The zero-order valence-electron chi connectivity index (χ0n) is 12.1. The van der Waals surface area contributed by atoms with E-state index in [2.05, 4.69) is 45.0 Å². The van der Waals surface area contributed by atoms with E-state index >= 15 is 0 Å². The quantitative estimate of drug-likeness (QED) is 0.792. The topological polar surface area (TPSA) is 35.2 Å². The molecule has 0 aromatic heterocycles. The predicted octanol–water partition coefficient (Wildman–Crippen LogP) is 4.02. The molecule has 0 aliphatic rings. The Balaban J connectivity index is 2.77. The fourth-order valence-electron chi connectivity index (χ4n) is 2.18. The van der Waals surface area contributed by atoms with Crippen molar-refractivity contribution < 1.29 is 4.74 Å². The fourth-order valence-corrected chi connectivity index (χ4v) is 2.18. The first-order valence-corrected chi connectivity index (χ1v) is 7.07. The minimum Gasteiger partial charge on any atom is -0.377 e. The second-order valence-corrected chi connectivity index (χ2v) is 5.13. The summed E-state index contributed by atoms with van der Waals surface area (Å²) in [5.74, 6) is 0.564. The molecule has 0 bridgehead atoms. The molecule has 0 saturated heterocycles. The van der Waals surface area contributed by atoms with Crippen LogP contribution in [0.1, 0.15) is 63.6 Å². The van der Waals surface area contributed by atoms with Gasteiger partial charge in [0.1, 0.15) is 0 Å². The number of ether oxygens (including phenoxy) is 1. The number of nitrogens with two attached hydrogens (primary N) is 1. The summed E-state index contributed by atoms with van der Waals surface area (Å²) in [7, 11) is 0. The van der Waals surface area contributed by atoms with Gasteiger partial charge >= 0.3 is 0 Å². The van der Waals surface area contributed by atoms with Crippen molar-refractivity contribution in [1.82, 2.24) is 0 Å². The van der Waals surface area contributed by atoms with Crippen LogP contribution in [0.4, 0.5) is 0 Å². The standard InChI is InChI=1S/C16H27NO/c1-5-7-15(18-6-2)16(17)14-10-8-13(9-11-14)12(3)4/h8-12,15-16H,5-7,17H2,1-4H3. The molecule has 0 saturated carbocycles. The highest BCUT2D eigenvalue weighted by Gasteiger charge is 2.18. The molecule has 102 valence electrons. The van der Waals surface area contributed by atoms with Crippen molar-refractivity contribution in [2.75, 3.05) is 6.61 Å². The monoisotopic (exact) mass is 249 g/mol. The van der Waals surface area contributed by atoms with Crippen LogP contribution in [0, 0.1) is 0 Å². The van der Waals surface area contributed by atoms with Crippen molar-refractivity contribution in [3.05, 3.63) is 35.4 Å². The van der Waals surface area contributed by atoms with Crippen LogP contribution in [0.3, 0.4) is 0 Å². The van der Waals surface area contributed by atoms with Crippen molar-refractivity contribution >= 4 is 0 Å². The molecular weight excluding hydrogens is 222 g/mol. The van der Waals surface area contributed by atoms with Crippen LogP contribution in [0.25, 0.3) is 0 Å². The van der Waals surface area contributed by atoms with Gasteiger partial charge in [0.25, 0.3) is 0 Å². The molecule has 0 radical (unpaired) electrons. The molecule has 1 rings (SSSR count). The Morgan fingerprint density at radius 1 is 1.06 bits per heavy atom. The predicted molar refractivity (Wildman–Crippen MR) is 77.8 cm³/mol. The summed E-state index contributed by atoms with van der Waals surface area (Å²) < 4.78 is 5.75. The van der Waals surface area contributed by atoms with Crippen molar-refractivity contribution in [3.8, 4) is 0 Å². The molecule has 0 fully saturated rings. The van der Waals surface area contributed by atoms with Crippen molar-refractivity contribution in [2.24, 2.45) is 5.73 Å². The van der Waals surface area contributed by atoms with E-state index in [-0.39, 0.29) is 12.1 Å². The highest BCUT2D eigenvalue weighted by atomic mass is 16.5. The van der Waals surface area contributed by atoms with E-state index in [4.69, 9.17) is 10.5 Å². The molecule has 1 aromatic carbocycles. The Morgan fingerprint density at radius 2 is 1.61 bits per heavy atom. The van der Waals surface area contributed by atoms with Crippen LogP contribution >= 0.6 is 0 Å². The van der Waals surface area contributed by atoms with Gasteiger partial charge < -0.3 is 10.5 Å². The highest BCUT2D eigenvalue weighted by molar-refractivity contribution is 5.27. The Bertz CT molecular complexity index is 325. The maximum atomic E-state index is 6.31. The minimum atomic E-state index is -0.0221. The van der Waals surface area contributed by atoms with E-state index < -0.39 is 0 Å². The molecule has 18 heavy (non-hydrogen) atoms. The Labute approximate surface area is 112 Å². The van der Waals surface area contributed by atoms with Crippen LogP contribution in [0.2, 0.25) is 0 Å². The van der Waals surface area contributed by atoms with Gasteiger partial charge in [-0.05, 0) is 30.4 Å². The summed E-state index contributed by atoms with van der Waals surface area (Å²) in [6, 6.07) is 8.61. The van der Waals surface area contributed by atoms with Crippen LogP contribution in [-0.2, 0) is 4.74 Å². The molecule has 2 heteroatoms. The summed E-state index contributed by atoms with van der Waals surface area (Å²) in [5, 5.41) is 0. The highest BCUT2D eigenvalue weighted by Crippen LogP contribution is 2.23. The average Bonchev–Trinajstić information content (AvgIpc) is 2.38. The van der Waals surface area contributed by atoms with E-state index in [1.165, 1.54) is 11.1 Å². The molecule has 0 aliphatic heterocycles. The van der Waals surface area contributed by atoms with E-state index in [9.17, 15) is 0 Å². The second kappa shape index (κ2) is 7.55. The lowest BCUT2D eigenvalue weighted by atomic mass is 9.95. The molecule has 0 aliphatic carbocycles. The Kier molecular flexibility index (Phi) is 6.37. The van der Waals surface area contributed by atoms with Gasteiger partial charge in [-0.1, -0.05) is 51.5 Å². The maximum absolute atomic E-state index is 6.31. The van der Waals surface area contributed by atoms with Crippen LogP contribution in [-0.4, -0.2) is 12.7 Å². The lowest BCUT2D eigenvalue weighted by Gasteiger charge is -2.24. The smallest absolute Gasteiger partial charge is 0.0767 e. The van der Waals surface area contributed by atoms with Gasteiger partial charge in [-0.3, -0.25) is 0 Å². The van der Waals surface area contributed by atoms with E-state index in [0.717, 1.165) is 19.4 Å². The maximum Gasteiger partial charge on any atom is 0.0767 e. The molecule has 1 aromatic rings. The van der Waals surface area contributed by atoms with Crippen LogP contribution in [0.5, 0.6) is 0 Å². The summed E-state index contributed by atoms with van der Waals surface area (Å²) in [6.45, 7) is 9.32. The minimum absolute atomic E-state index is 0.0221. The fraction of sp³-hybridized carbons (Fsp3) is 0.625. The third kappa shape index (κ3) is 4.11. The number of rotatable bonds is 7. The van der Waals surface area contributed by atoms with Gasteiger partial charge in [-0.2, -0.15) is 0 Å². The molecule has 2 N–H and O–H groups in total. The van der Waals surface area contributed by atoms with Gasteiger partial charge in [-0.15, -0.1) is 0 Å². The molecule has 2 unspecified atom stereocenters. The average molecular weight is 249 g/mol. The van der Waals surface area contributed by atoms with Gasteiger partial charge in [0.05, 0.1) is 12.1 Å². The van der Waals surface area contributed by atoms with E-state index in [0.29, 0.717) is 5.92 Å². The Morgan fingerprint density at radius 3 is 2.06 bits per heavy atom. The van der Waals surface area contributed by atoms with Crippen LogP contribution in [0.15, 0.2) is 24.3 Å². The number of benzene rings is 1. The molecule has 2 nitrogen and oxygen atoms in total. The van der Waals surface area contributed by atoms with Crippen molar-refractivity contribution in [3.63, 3.8) is 0 Å². The van der Waals surface area contributed by atoms with Crippen molar-refractivity contribution in [1.29, 1.82) is 0 Å². The van der Waals surface area contributed by atoms with Crippen molar-refractivity contribution in [2.45, 2.75) is 58.6 Å². The molecule has 2 atom stereocenters. The van der Waals surface area contributed by atoms with Gasteiger partial charge in [0.15, 0.2) is 0 Å². The lowest BCUT2D eigenvalue weighted by molar-refractivity contribution is 0.0374. The molecular formula is C16H27NO. The van der Waals surface area contributed by atoms with Gasteiger partial charge in [-0.25, -0.2) is 0 Å². The summed E-state index contributed by atoms with van der Waals surface area (Å²) >= 11 is 0. The van der Waals surface area contributed by atoms with Gasteiger partial charge in [0, 0.05) is 6.61 Å². The zero-order chi connectivity index (χ0) is 13.5. The SMILES string of the molecule is CCCC(OCC)C(N)c1ccc(C(C)C)cc1. The number of hydrogen-bond acceptors (Lipinski definition) is 2. The summed E-state index contributed by atoms with van der Waals surface area (Å²) in [5.41, 5.74) is 8.84. The largest absolute Gasteiger partial charge is 0.377 e. The number of hydrogen-bond donors (Lipinski definition) is 1. The lowest BCUT2D eigenvalue weighted by Crippen LogP contribution is -2.29. The van der Waals surface area contributed by atoms with E-state index in [1.807, 2.05) is 6.92 Å². The third-order valence-electron chi connectivity index (χ3n) is 3.34. The first kappa shape index (κ1) is 15.2. The zero-order valence-corrected chi connectivity index (χ0v) is 12.1. The summed E-state index contributed by atoms with van der Waals surface area (Å²) in [4.78, 5) is 0. The second-order valence-electron chi connectivity index (χ2n) is 5.13. The van der Waals surface area contributed by atoms with Gasteiger partial charge in [0.2, 0.25) is 0 Å².